The highest BCUT2D eigenvalue weighted by Gasteiger charge is 2.21. The van der Waals surface area contributed by atoms with Crippen LogP contribution in [0.1, 0.15) is 5.76 Å². The van der Waals surface area contributed by atoms with Gasteiger partial charge in [-0.15, -0.1) is 0 Å². The van der Waals surface area contributed by atoms with E-state index in [0.29, 0.717) is 18.8 Å². The first-order valence-corrected chi connectivity index (χ1v) is 9.30. The maximum atomic E-state index is 12.4. The van der Waals surface area contributed by atoms with E-state index < -0.39 is 0 Å². The van der Waals surface area contributed by atoms with Crippen LogP contribution in [0.15, 0.2) is 47.1 Å². The third kappa shape index (κ3) is 5.50. The number of benzene rings is 1. The normalized spacial score (nSPS) is 14.7. The zero-order valence-electron chi connectivity index (χ0n) is 16.0. The Bertz CT molecular complexity index is 768. The molecule has 150 valence electrons. The summed E-state index contributed by atoms with van der Waals surface area (Å²) in [5, 5.41) is 12.1. The lowest BCUT2D eigenvalue weighted by Crippen LogP contribution is -2.50. The summed E-state index contributed by atoms with van der Waals surface area (Å²) < 4.78 is 5.16. The number of furan rings is 1. The maximum Gasteiger partial charge on any atom is 0.239 e. The number of nitrogens with zero attached hydrogens (tertiary/aromatic N) is 3. The minimum Gasteiger partial charge on any atom is -0.508 e. The fourth-order valence-corrected chi connectivity index (χ4v) is 3.10. The van der Waals surface area contributed by atoms with Crippen LogP contribution in [0.3, 0.4) is 0 Å². The topological polar surface area (TPSA) is 89.3 Å². The zero-order chi connectivity index (χ0) is 19.9. The minimum absolute atomic E-state index is 0.0208. The molecule has 0 radical (unpaired) electrons. The number of anilines is 1. The van der Waals surface area contributed by atoms with Crippen molar-refractivity contribution in [1.82, 2.24) is 15.1 Å². The lowest BCUT2D eigenvalue weighted by Gasteiger charge is -2.36. The van der Waals surface area contributed by atoms with Crippen molar-refractivity contribution in [3.8, 4) is 5.75 Å². The van der Waals surface area contributed by atoms with Crippen LogP contribution < -0.4 is 10.2 Å². The molecular weight excluding hydrogens is 360 g/mol. The van der Waals surface area contributed by atoms with Crippen molar-refractivity contribution in [2.24, 2.45) is 0 Å². The van der Waals surface area contributed by atoms with Gasteiger partial charge in [0.05, 0.1) is 25.9 Å². The predicted molar refractivity (Wildman–Crippen MR) is 105 cm³/mol. The Kier molecular flexibility index (Phi) is 6.54. The van der Waals surface area contributed by atoms with E-state index in [4.69, 9.17) is 4.42 Å². The van der Waals surface area contributed by atoms with Crippen molar-refractivity contribution in [2.45, 2.75) is 6.54 Å². The van der Waals surface area contributed by atoms with Crippen LogP contribution in [-0.2, 0) is 16.1 Å². The van der Waals surface area contributed by atoms with Crippen LogP contribution in [-0.4, -0.2) is 73.0 Å². The average Bonchev–Trinajstić information content (AvgIpc) is 3.21. The third-order valence-corrected chi connectivity index (χ3v) is 4.79. The summed E-state index contributed by atoms with van der Waals surface area (Å²) in [6, 6.07) is 10.7. The Morgan fingerprint density at radius 2 is 1.86 bits per heavy atom. The molecule has 0 bridgehead atoms. The summed E-state index contributed by atoms with van der Waals surface area (Å²) in [6.45, 7) is 3.79. The molecule has 2 N–H and O–H groups in total. The first-order valence-electron chi connectivity index (χ1n) is 9.30. The molecule has 1 aromatic heterocycles. The van der Waals surface area contributed by atoms with E-state index in [1.807, 2.05) is 12.1 Å². The number of amides is 2. The SMILES string of the molecule is CN(CC(=O)NCc1ccco1)C(=O)CN1CCN(c2ccc(O)cc2)CC1. The first kappa shape index (κ1) is 19.8. The van der Waals surface area contributed by atoms with E-state index in [0.717, 1.165) is 31.9 Å². The van der Waals surface area contributed by atoms with Gasteiger partial charge in [-0.2, -0.15) is 0 Å². The van der Waals surface area contributed by atoms with Crippen molar-refractivity contribution in [3.63, 3.8) is 0 Å². The number of rotatable bonds is 7. The Morgan fingerprint density at radius 1 is 1.14 bits per heavy atom. The Labute approximate surface area is 164 Å². The number of hydrogen-bond acceptors (Lipinski definition) is 6. The molecule has 8 nitrogen and oxygen atoms in total. The van der Waals surface area contributed by atoms with Crippen LogP contribution >= 0.6 is 0 Å². The summed E-state index contributed by atoms with van der Waals surface area (Å²) in [6.07, 6.45) is 1.55. The van der Waals surface area contributed by atoms with Crippen LogP contribution in [0.5, 0.6) is 5.75 Å². The number of piperazine rings is 1. The molecule has 2 amide bonds. The number of likely N-dealkylation sites (N-methyl/N-ethyl adjacent to an activating group) is 1. The summed E-state index contributed by atoms with van der Waals surface area (Å²) in [5.74, 6) is 0.633. The van der Waals surface area contributed by atoms with Gasteiger partial charge >= 0.3 is 0 Å². The summed E-state index contributed by atoms with van der Waals surface area (Å²) >= 11 is 0. The molecular formula is C20H26N4O4. The highest BCUT2D eigenvalue weighted by Crippen LogP contribution is 2.19. The van der Waals surface area contributed by atoms with E-state index in [2.05, 4.69) is 15.1 Å². The van der Waals surface area contributed by atoms with Crippen molar-refractivity contribution >= 4 is 17.5 Å². The van der Waals surface area contributed by atoms with E-state index in [9.17, 15) is 14.7 Å². The molecule has 1 aliphatic heterocycles. The van der Waals surface area contributed by atoms with Gasteiger partial charge in [-0.3, -0.25) is 14.5 Å². The lowest BCUT2D eigenvalue weighted by molar-refractivity contribution is -0.135. The van der Waals surface area contributed by atoms with Gasteiger partial charge < -0.3 is 24.6 Å². The second-order valence-electron chi connectivity index (χ2n) is 6.89. The molecule has 0 atom stereocenters. The van der Waals surface area contributed by atoms with Gasteiger partial charge in [0.25, 0.3) is 0 Å². The van der Waals surface area contributed by atoms with Gasteiger partial charge in [0.2, 0.25) is 11.8 Å². The standard InChI is InChI=1S/C20H26N4O4/c1-22(14-19(26)21-13-18-3-2-12-28-18)20(27)15-23-8-10-24(11-9-23)16-4-6-17(25)7-5-16/h2-7,12,25H,8-11,13-15H2,1H3,(H,21,26). The Morgan fingerprint density at radius 3 is 2.50 bits per heavy atom. The average molecular weight is 386 g/mol. The fourth-order valence-electron chi connectivity index (χ4n) is 3.10. The minimum atomic E-state index is -0.218. The number of phenols is 1. The number of hydrogen-bond donors (Lipinski definition) is 2. The summed E-state index contributed by atoms with van der Waals surface area (Å²) in [5.41, 5.74) is 1.06. The molecule has 1 saturated heterocycles. The number of carbonyl (C=O) groups excluding carboxylic acids is 2. The van der Waals surface area contributed by atoms with Crippen LogP contribution in [0.25, 0.3) is 0 Å². The van der Waals surface area contributed by atoms with Crippen molar-refractivity contribution in [3.05, 3.63) is 48.4 Å². The number of nitrogens with one attached hydrogen (secondary N) is 1. The largest absolute Gasteiger partial charge is 0.508 e. The predicted octanol–water partition coefficient (Wildman–Crippen LogP) is 0.882. The van der Waals surface area contributed by atoms with Crippen LogP contribution in [0, 0.1) is 0 Å². The highest BCUT2D eigenvalue weighted by molar-refractivity contribution is 5.85. The van der Waals surface area contributed by atoms with Gasteiger partial charge in [0, 0.05) is 38.9 Å². The van der Waals surface area contributed by atoms with E-state index in [-0.39, 0.29) is 24.1 Å². The molecule has 0 unspecified atom stereocenters. The van der Waals surface area contributed by atoms with E-state index in [1.54, 1.807) is 37.6 Å². The highest BCUT2D eigenvalue weighted by atomic mass is 16.3. The maximum absolute atomic E-state index is 12.4. The molecule has 1 aliphatic rings. The molecule has 1 fully saturated rings. The van der Waals surface area contributed by atoms with Crippen LogP contribution in [0.4, 0.5) is 5.69 Å². The molecule has 3 rings (SSSR count). The van der Waals surface area contributed by atoms with Gasteiger partial charge in [-0.1, -0.05) is 0 Å². The monoisotopic (exact) mass is 386 g/mol. The molecule has 8 heteroatoms. The zero-order valence-corrected chi connectivity index (χ0v) is 16.0. The lowest BCUT2D eigenvalue weighted by atomic mass is 10.2. The molecule has 28 heavy (non-hydrogen) atoms. The molecule has 0 spiro atoms. The van der Waals surface area contributed by atoms with Crippen LogP contribution in [0.2, 0.25) is 0 Å². The van der Waals surface area contributed by atoms with Gasteiger partial charge in [0.1, 0.15) is 11.5 Å². The Balaban J connectivity index is 1.38. The van der Waals surface area contributed by atoms with Gasteiger partial charge in [-0.05, 0) is 36.4 Å². The second-order valence-corrected chi connectivity index (χ2v) is 6.89. The molecule has 2 heterocycles. The molecule has 0 aliphatic carbocycles. The Hall–Kier alpha value is -3.00. The smallest absolute Gasteiger partial charge is 0.239 e. The molecule has 1 aromatic carbocycles. The van der Waals surface area contributed by atoms with Gasteiger partial charge in [-0.25, -0.2) is 0 Å². The third-order valence-electron chi connectivity index (χ3n) is 4.79. The van der Waals surface area contributed by atoms with Crippen molar-refractivity contribution in [1.29, 1.82) is 0 Å². The second kappa shape index (κ2) is 9.27. The quantitative estimate of drug-likeness (QED) is 0.734. The van der Waals surface area contributed by atoms with Gasteiger partial charge in [0.15, 0.2) is 0 Å². The molecule has 2 aromatic rings. The van der Waals surface area contributed by atoms with Crippen molar-refractivity contribution < 1.29 is 19.1 Å². The number of carbonyl (C=O) groups is 2. The van der Waals surface area contributed by atoms with E-state index >= 15 is 0 Å². The summed E-state index contributed by atoms with van der Waals surface area (Å²) in [7, 11) is 1.64. The first-order chi connectivity index (χ1) is 13.5. The van der Waals surface area contributed by atoms with Crippen molar-refractivity contribution in [2.75, 3.05) is 51.2 Å². The van der Waals surface area contributed by atoms with E-state index in [1.165, 1.54) is 4.90 Å². The number of aromatic hydroxyl groups is 1. The number of phenolic OH excluding ortho intramolecular Hbond substituents is 1. The fraction of sp³-hybridized carbons (Fsp3) is 0.400. The summed E-state index contributed by atoms with van der Waals surface area (Å²) in [4.78, 5) is 30.2. The molecule has 0 saturated carbocycles.